The van der Waals surface area contributed by atoms with Gasteiger partial charge in [0.25, 0.3) is 0 Å². The van der Waals surface area contributed by atoms with Crippen molar-refractivity contribution in [2.45, 2.75) is 13.8 Å². The molecule has 6 nitrogen and oxygen atoms in total. The number of aliphatic imine (C=N–C) groups is 1. The molecule has 80 valence electrons. The van der Waals surface area contributed by atoms with Crippen LogP contribution in [0, 0.1) is 0 Å². The van der Waals surface area contributed by atoms with Crippen LogP contribution in [0.25, 0.3) is 0 Å². The maximum absolute atomic E-state index is 11.2. The van der Waals surface area contributed by atoms with Crippen molar-refractivity contribution in [3.8, 4) is 0 Å². The summed E-state index contributed by atoms with van der Waals surface area (Å²) in [4.78, 5) is 27.1. The minimum atomic E-state index is -0.374. The van der Waals surface area contributed by atoms with E-state index >= 15 is 0 Å². The van der Waals surface area contributed by atoms with Crippen LogP contribution in [-0.4, -0.2) is 39.8 Å². The number of amides is 2. The van der Waals surface area contributed by atoms with Gasteiger partial charge in [-0.2, -0.15) is 10.1 Å². The fourth-order valence-electron chi connectivity index (χ4n) is 0.987. The first-order valence-corrected chi connectivity index (χ1v) is 4.36. The lowest BCUT2D eigenvalue weighted by molar-refractivity contribution is -0.124. The molecule has 15 heavy (non-hydrogen) atoms. The van der Waals surface area contributed by atoms with Gasteiger partial charge >= 0.3 is 0 Å². The van der Waals surface area contributed by atoms with Gasteiger partial charge in [-0.1, -0.05) is 0 Å². The Morgan fingerprint density at radius 3 is 2.53 bits per heavy atom. The highest BCUT2D eigenvalue weighted by molar-refractivity contribution is 6.09. The van der Waals surface area contributed by atoms with Crippen LogP contribution in [0.2, 0.25) is 0 Å². The average molecular weight is 208 g/mol. The SMILES string of the molecule is CC(=O)/N=C(\c1cc[nH]n1)N(C)C(C)=O. The summed E-state index contributed by atoms with van der Waals surface area (Å²) in [5, 5.41) is 6.47. The zero-order valence-corrected chi connectivity index (χ0v) is 8.81. The van der Waals surface area contributed by atoms with E-state index in [9.17, 15) is 9.59 Å². The molecular weight excluding hydrogens is 196 g/mol. The van der Waals surface area contributed by atoms with Gasteiger partial charge in [0.05, 0.1) is 0 Å². The summed E-state index contributed by atoms with van der Waals surface area (Å²) in [5.41, 5.74) is 0.461. The van der Waals surface area contributed by atoms with Crippen molar-refractivity contribution in [3.63, 3.8) is 0 Å². The van der Waals surface area contributed by atoms with Gasteiger partial charge in [-0.05, 0) is 6.07 Å². The maximum atomic E-state index is 11.2. The van der Waals surface area contributed by atoms with Gasteiger partial charge in [0.15, 0.2) is 5.84 Å². The highest BCUT2D eigenvalue weighted by Gasteiger charge is 2.15. The highest BCUT2D eigenvalue weighted by Crippen LogP contribution is 2.01. The van der Waals surface area contributed by atoms with E-state index in [4.69, 9.17) is 0 Å². The molecule has 0 unspecified atom stereocenters. The first kappa shape index (κ1) is 11.1. The van der Waals surface area contributed by atoms with Gasteiger partial charge in [-0.15, -0.1) is 0 Å². The third-order valence-electron chi connectivity index (χ3n) is 1.78. The van der Waals surface area contributed by atoms with E-state index in [1.807, 2.05) is 0 Å². The van der Waals surface area contributed by atoms with Crippen molar-refractivity contribution in [2.75, 3.05) is 7.05 Å². The molecular formula is C9H12N4O2. The largest absolute Gasteiger partial charge is 0.298 e. The second-order valence-electron chi connectivity index (χ2n) is 2.99. The van der Waals surface area contributed by atoms with Crippen LogP contribution in [0.5, 0.6) is 0 Å². The summed E-state index contributed by atoms with van der Waals surface area (Å²) in [5.74, 6) is -0.338. The zero-order chi connectivity index (χ0) is 11.4. The van der Waals surface area contributed by atoms with Crippen LogP contribution in [0.3, 0.4) is 0 Å². The fraction of sp³-hybridized carbons (Fsp3) is 0.333. The Hall–Kier alpha value is -1.98. The predicted octanol–water partition coefficient (Wildman–Crippen LogP) is 0.181. The molecule has 1 rings (SSSR count). The summed E-state index contributed by atoms with van der Waals surface area (Å²) < 4.78 is 0. The number of H-pyrrole nitrogens is 1. The van der Waals surface area contributed by atoms with E-state index in [0.717, 1.165) is 0 Å². The molecule has 0 aliphatic carbocycles. The van der Waals surface area contributed by atoms with Gasteiger partial charge < -0.3 is 0 Å². The third kappa shape index (κ3) is 2.73. The normalized spacial score (nSPS) is 11.3. The Labute approximate surface area is 87.0 Å². The van der Waals surface area contributed by atoms with E-state index in [-0.39, 0.29) is 17.6 Å². The van der Waals surface area contributed by atoms with Crippen molar-refractivity contribution in [2.24, 2.45) is 4.99 Å². The number of nitrogens with zero attached hydrogens (tertiary/aromatic N) is 3. The first-order valence-electron chi connectivity index (χ1n) is 4.36. The summed E-state index contributed by atoms with van der Waals surface area (Å²) >= 11 is 0. The monoisotopic (exact) mass is 208 g/mol. The maximum Gasteiger partial charge on any atom is 0.244 e. The summed E-state index contributed by atoms with van der Waals surface area (Å²) in [6.07, 6.45) is 1.60. The molecule has 1 aromatic rings. The quantitative estimate of drug-likeness (QED) is 0.528. The molecule has 2 amide bonds. The molecule has 1 N–H and O–H groups in total. The Kier molecular flexibility index (Phi) is 3.33. The molecule has 1 heterocycles. The molecule has 1 aromatic heterocycles. The fourth-order valence-corrected chi connectivity index (χ4v) is 0.987. The van der Waals surface area contributed by atoms with Crippen molar-refractivity contribution < 1.29 is 9.59 Å². The number of aromatic nitrogens is 2. The molecule has 0 spiro atoms. The van der Waals surface area contributed by atoms with E-state index in [2.05, 4.69) is 15.2 Å². The number of aromatic amines is 1. The molecule has 0 aliphatic heterocycles. The summed E-state index contributed by atoms with van der Waals surface area (Å²) in [7, 11) is 1.54. The molecule has 0 radical (unpaired) electrons. The van der Waals surface area contributed by atoms with Crippen LogP contribution >= 0.6 is 0 Å². The Balaban J connectivity index is 3.10. The number of amidine groups is 1. The molecule has 0 atom stereocenters. The third-order valence-corrected chi connectivity index (χ3v) is 1.78. The number of rotatable bonds is 1. The second-order valence-corrected chi connectivity index (χ2v) is 2.99. The van der Waals surface area contributed by atoms with E-state index in [1.54, 1.807) is 19.3 Å². The predicted molar refractivity (Wildman–Crippen MR) is 54.2 cm³/mol. The van der Waals surface area contributed by atoms with Crippen LogP contribution in [-0.2, 0) is 9.59 Å². The lowest BCUT2D eigenvalue weighted by Gasteiger charge is -2.14. The Bertz CT molecular complexity index is 394. The van der Waals surface area contributed by atoms with Gasteiger partial charge in [-0.25, -0.2) is 0 Å². The van der Waals surface area contributed by atoms with Gasteiger partial charge in [0, 0.05) is 27.1 Å². The molecule has 0 saturated carbocycles. The summed E-state index contributed by atoms with van der Waals surface area (Å²) in [6, 6.07) is 1.64. The first-order chi connectivity index (χ1) is 7.02. The minimum Gasteiger partial charge on any atom is -0.298 e. The van der Waals surface area contributed by atoms with Crippen LogP contribution < -0.4 is 0 Å². The average Bonchev–Trinajstić information content (AvgIpc) is 2.65. The standard InChI is InChI=1S/C9H12N4O2/c1-6(14)11-9(13(3)7(2)15)8-4-5-10-12-8/h4-5H,1-3H3,(H,10,12)/b11-9+. The second kappa shape index (κ2) is 4.50. The summed E-state index contributed by atoms with van der Waals surface area (Å²) in [6.45, 7) is 2.71. The number of nitrogens with one attached hydrogen (secondary N) is 1. The van der Waals surface area contributed by atoms with Crippen molar-refractivity contribution in [3.05, 3.63) is 18.0 Å². The molecule has 0 aromatic carbocycles. The molecule has 0 saturated heterocycles. The highest BCUT2D eigenvalue weighted by atomic mass is 16.2. The number of hydrogen-bond donors (Lipinski definition) is 1. The molecule has 0 fully saturated rings. The Morgan fingerprint density at radius 1 is 1.47 bits per heavy atom. The van der Waals surface area contributed by atoms with E-state index in [0.29, 0.717) is 5.69 Å². The van der Waals surface area contributed by atoms with Gasteiger partial charge in [0.2, 0.25) is 11.8 Å². The number of carbonyl (C=O) groups excluding carboxylic acids is 2. The lowest BCUT2D eigenvalue weighted by Crippen LogP contribution is -2.32. The van der Waals surface area contributed by atoms with Crippen molar-refractivity contribution in [1.82, 2.24) is 15.1 Å². The van der Waals surface area contributed by atoms with Gasteiger partial charge in [-0.3, -0.25) is 19.6 Å². The Morgan fingerprint density at radius 2 is 2.13 bits per heavy atom. The lowest BCUT2D eigenvalue weighted by atomic mass is 10.3. The van der Waals surface area contributed by atoms with Crippen LogP contribution in [0.15, 0.2) is 17.3 Å². The van der Waals surface area contributed by atoms with Crippen LogP contribution in [0.4, 0.5) is 0 Å². The van der Waals surface area contributed by atoms with Gasteiger partial charge in [0.1, 0.15) is 5.69 Å². The number of hydrogen-bond acceptors (Lipinski definition) is 3. The van der Waals surface area contributed by atoms with E-state index < -0.39 is 0 Å². The molecule has 6 heteroatoms. The van der Waals surface area contributed by atoms with E-state index in [1.165, 1.54) is 18.7 Å². The number of carbonyl (C=O) groups is 2. The van der Waals surface area contributed by atoms with Crippen molar-refractivity contribution >= 4 is 17.6 Å². The zero-order valence-electron chi connectivity index (χ0n) is 8.81. The smallest absolute Gasteiger partial charge is 0.244 e. The van der Waals surface area contributed by atoms with Crippen LogP contribution in [0.1, 0.15) is 19.5 Å². The van der Waals surface area contributed by atoms with Crippen molar-refractivity contribution in [1.29, 1.82) is 0 Å². The minimum absolute atomic E-state index is 0.210. The molecule has 0 bridgehead atoms. The molecule has 0 aliphatic rings. The topological polar surface area (TPSA) is 78.4 Å².